The van der Waals surface area contributed by atoms with E-state index < -0.39 is 0 Å². The van der Waals surface area contributed by atoms with Crippen LogP contribution in [0.25, 0.3) is 0 Å². The van der Waals surface area contributed by atoms with Gasteiger partial charge in [0.15, 0.2) is 0 Å². The number of hydrogen-bond donors (Lipinski definition) is 2. The van der Waals surface area contributed by atoms with Crippen LogP contribution in [0.5, 0.6) is 5.75 Å². The summed E-state index contributed by atoms with van der Waals surface area (Å²) in [5, 5.41) is 0. The van der Waals surface area contributed by atoms with E-state index in [-0.39, 0.29) is 6.04 Å². The molecule has 0 heterocycles. The highest BCUT2D eigenvalue weighted by molar-refractivity contribution is 5.47. The summed E-state index contributed by atoms with van der Waals surface area (Å²) in [6, 6.07) is 4.54. The Balaban J connectivity index is 2.34. The molecular weight excluding hydrogens is 236 g/mol. The zero-order valence-electron chi connectivity index (χ0n) is 12.3. The first kappa shape index (κ1) is 14.4. The molecular formula is C16H26N2O. The van der Waals surface area contributed by atoms with Crippen LogP contribution in [0.15, 0.2) is 12.1 Å². The maximum absolute atomic E-state index is 5.84. The van der Waals surface area contributed by atoms with E-state index in [1.807, 2.05) is 0 Å². The molecule has 1 aliphatic carbocycles. The Bertz CT molecular complexity index is 425. The first-order valence-corrected chi connectivity index (χ1v) is 7.29. The van der Waals surface area contributed by atoms with Crippen LogP contribution < -0.4 is 16.0 Å². The Morgan fingerprint density at radius 2 is 1.89 bits per heavy atom. The van der Waals surface area contributed by atoms with E-state index >= 15 is 0 Å². The second-order valence-corrected chi connectivity index (χ2v) is 5.67. The standard InChI is InChI=1S/C16H26N2O/c1-11-9-10-14(16(19-3)12(11)2)15(18-17)13-7-5-4-6-8-13/h9-10,13,15,18H,4-8,17H2,1-3H3. The molecule has 0 radical (unpaired) electrons. The maximum atomic E-state index is 5.84. The van der Waals surface area contributed by atoms with Crippen molar-refractivity contribution in [3.8, 4) is 5.75 Å². The van der Waals surface area contributed by atoms with E-state index in [9.17, 15) is 0 Å². The number of nitrogens with one attached hydrogen (secondary N) is 1. The van der Waals surface area contributed by atoms with Gasteiger partial charge in [0.25, 0.3) is 0 Å². The lowest BCUT2D eigenvalue weighted by molar-refractivity contribution is 0.267. The molecule has 0 aliphatic heterocycles. The summed E-state index contributed by atoms with van der Waals surface area (Å²) in [5.41, 5.74) is 6.72. The fourth-order valence-electron chi connectivity index (χ4n) is 3.27. The Hall–Kier alpha value is -1.06. The van der Waals surface area contributed by atoms with E-state index in [1.54, 1.807) is 7.11 Å². The van der Waals surface area contributed by atoms with Gasteiger partial charge in [-0.3, -0.25) is 11.3 Å². The van der Waals surface area contributed by atoms with Crippen LogP contribution in [0.3, 0.4) is 0 Å². The number of methoxy groups -OCH3 is 1. The number of rotatable bonds is 4. The van der Waals surface area contributed by atoms with Gasteiger partial charge in [0.05, 0.1) is 13.2 Å². The van der Waals surface area contributed by atoms with Crippen LogP contribution >= 0.6 is 0 Å². The molecule has 3 heteroatoms. The van der Waals surface area contributed by atoms with Crippen molar-refractivity contribution in [3.63, 3.8) is 0 Å². The fraction of sp³-hybridized carbons (Fsp3) is 0.625. The van der Waals surface area contributed by atoms with Gasteiger partial charge in [-0.1, -0.05) is 31.4 Å². The van der Waals surface area contributed by atoms with E-state index in [2.05, 4.69) is 31.4 Å². The van der Waals surface area contributed by atoms with Crippen molar-refractivity contribution < 1.29 is 4.74 Å². The number of hydrogen-bond acceptors (Lipinski definition) is 3. The average molecular weight is 262 g/mol. The molecule has 1 aromatic rings. The number of hydrazine groups is 1. The highest BCUT2D eigenvalue weighted by Crippen LogP contribution is 2.39. The molecule has 0 saturated heterocycles. The second-order valence-electron chi connectivity index (χ2n) is 5.67. The van der Waals surface area contributed by atoms with Crippen molar-refractivity contribution in [1.29, 1.82) is 0 Å². The Labute approximate surface area is 116 Å². The molecule has 0 aromatic heterocycles. The van der Waals surface area contributed by atoms with Gasteiger partial charge in [0, 0.05) is 5.56 Å². The van der Waals surface area contributed by atoms with Crippen molar-refractivity contribution in [1.82, 2.24) is 5.43 Å². The first-order chi connectivity index (χ1) is 9.19. The van der Waals surface area contributed by atoms with Gasteiger partial charge >= 0.3 is 0 Å². The molecule has 1 atom stereocenters. The van der Waals surface area contributed by atoms with Crippen LogP contribution in [0.4, 0.5) is 0 Å². The monoisotopic (exact) mass is 262 g/mol. The molecule has 3 N–H and O–H groups in total. The quantitative estimate of drug-likeness (QED) is 0.646. The summed E-state index contributed by atoms with van der Waals surface area (Å²) in [4.78, 5) is 0. The Morgan fingerprint density at radius 1 is 1.21 bits per heavy atom. The second kappa shape index (κ2) is 6.40. The van der Waals surface area contributed by atoms with Crippen molar-refractivity contribution in [3.05, 3.63) is 28.8 Å². The lowest BCUT2D eigenvalue weighted by Crippen LogP contribution is -2.34. The average Bonchev–Trinajstić information content (AvgIpc) is 2.45. The summed E-state index contributed by atoms with van der Waals surface area (Å²) in [5.74, 6) is 7.46. The molecule has 1 fully saturated rings. The van der Waals surface area contributed by atoms with E-state index in [4.69, 9.17) is 10.6 Å². The zero-order valence-corrected chi connectivity index (χ0v) is 12.3. The van der Waals surface area contributed by atoms with Crippen molar-refractivity contribution >= 4 is 0 Å². The Morgan fingerprint density at radius 3 is 2.47 bits per heavy atom. The van der Waals surface area contributed by atoms with E-state index in [1.165, 1.54) is 48.8 Å². The van der Waals surface area contributed by atoms with Crippen LogP contribution in [0.1, 0.15) is 54.8 Å². The molecule has 1 aliphatic rings. The van der Waals surface area contributed by atoms with Gasteiger partial charge < -0.3 is 4.74 Å². The summed E-state index contributed by atoms with van der Waals surface area (Å²) >= 11 is 0. The minimum Gasteiger partial charge on any atom is -0.496 e. The molecule has 1 saturated carbocycles. The molecule has 1 aromatic carbocycles. The highest BCUT2D eigenvalue weighted by atomic mass is 16.5. The molecule has 2 rings (SSSR count). The topological polar surface area (TPSA) is 47.3 Å². The van der Waals surface area contributed by atoms with Crippen molar-refractivity contribution in [2.45, 2.75) is 52.0 Å². The van der Waals surface area contributed by atoms with Gasteiger partial charge in [-0.2, -0.15) is 0 Å². The Kier molecular flexibility index (Phi) is 4.83. The minimum atomic E-state index is 0.203. The summed E-state index contributed by atoms with van der Waals surface area (Å²) in [6.07, 6.45) is 6.50. The maximum Gasteiger partial charge on any atom is 0.126 e. The third-order valence-electron chi connectivity index (χ3n) is 4.55. The van der Waals surface area contributed by atoms with E-state index in [0.717, 1.165) is 5.75 Å². The first-order valence-electron chi connectivity index (χ1n) is 7.29. The normalized spacial score (nSPS) is 18.3. The lowest BCUT2D eigenvalue weighted by atomic mass is 9.80. The van der Waals surface area contributed by atoms with Crippen LogP contribution in [0.2, 0.25) is 0 Å². The van der Waals surface area contributed by atoms with Crippen molar-refractivity contribution in [2.75, 3.05) is 7.11 Å². The number of nitrogens with two attached hydrogens (primary N) is 1. The highest BCUT2D eigenvalue weighted by Gasteiger charge is 2.27. The van der Waals surface area contributed by atoms with Gasteiger partial charge in [-0.05, 0) is 43.7 Å². The summed E-state index contributed by atoms with van der Waals surface area (Å²) in [6.45, 7) is 4.24. The molecule has 19 heavy (non-hydrogen) atoms. The predicted molar refractivity (Wildman–Crippen MR) is 79.1 cm³/mol. The van der Waals surface area contributed by atoms with Gasteiger partial charge in [0.1, 0.15) is 5.75 Å². The van der Waals surface area contributed by atoms with Crippen LogP contribution in [-0.2, 0) is 0 Å². The molecule has 0 bridgehead atoms. The van der Waals surface area contributed by atoms with Gasteiger partial charge in [-0.15, -0.1) is 0 Å². The molecule has 1 unspecified atom stereocenters. The molecule has 0 amide bonds. The third kappa shape index (κ3) is 2.93. The lowest BCUT2D eigenvalue weighted by Gasteiger charge is -2.31. The minimum absolute atomic E-state index is 0.203. The smallest absolute Gasteiger partial charge is 0.126 e. The van der Waals surface area contributed by atoms with E-state index in [0.29, 0.717) is 5.92 Å². The summed E-state index contributed by atoms with van der Waals surface area (Å²) < 4.78 is 5.64. The van der Waals surface area contributed by atoms with Crippen LogP contribution in [-0.4, -0.2) is 7.11 Å². The number of aryl methyl sites for hydroxylation is 1. The predicted octanol–water partition coefficient (Wildman–Crippen LogP) is 3.40. The van der Waals surface area contributed by atoms with Gasteiger partial charge in [-0.25, -0.2) is 0 Å². The fourth-order valence-corrected chi connectivity index (χ4v) is 3.27. The number of ether oxygens (including phenoxy) is 1. The summed E-state index contributed by atoms with van der Waals surface area (Å²) in [7, 11) is 1.75. The molecule has 0 spiro atoms. The third-order valence-corrected chi connectivity index (χ3v) is 4.55. The zero-order chi connectivity index (χ0) is 13.8. The largest absolute Gasteiger partial charge is 0.496 e. The van der Waals surface area contributed by atoms with Gasteiger partial charge in [0.2, 0.25) is 0 Å². The molecule has 3 nitrogen and oxygen atoms in total. The van der Waals surface area contributed by atoms with Crippen LogP contribution in [0, 0.1) is 19.8 Å². The SMILES string of the molecule is COc1c(C(NN)C2CCCCC2)ccc(C)c1C. The number of benzene rings is 1. The van der Waals surface area contributed by atoms with Crippen molar-refractivity contribution in [2.24, 2.45) is 11.8 Å². The molecule has 106 valence electrons.